The molecule has 0 saturated heterocycles. The Balaban J connectivity index is 2.08. The lowest BCUT2D eigenvalue weighted by Crippen LogP contribution is -2.27. The summed E-state index contributed by atoms with van der Waals surface area (Å²) in [6.07, 6.45) is 0. The molecule has 0 heterocycles. The molecule has 0 amide bonds. The Bertz CT molecular complexity index is 608. The van der Waals surface area contributed by atoms with Gasteiger partial charge in [-0.1, -0.05) is 17.7 Å². The molecule has 0 aliphatic heterocycles. The minimum absolute atomic E-state index is 0.563. The average Bonchev–Trinajstić information content (AvgIpc) is 2.53. The predicted octanol–water partition coefficient (Wildman–Crippen LogP) is 6.04. The molecule has 0 unspecified atom stereocenters. The fraction of sp³-hybridized carbons (Fsp3) is 0.250. The predicted molar refractivity (Wildman–Crippen MR) is 95.7 cm³/mol. The lowest BCUT2D eigenvalue weighted by molar-refractivity contribution is 0.874. The zero-order valence-corrected chi connectivity index (χ0v) is 14.2. The molecule has 0 radical (unpaired) electrons. The highest BCUT2D eigenvalue weighted by Gasteiger charge is 2.04. The van der Waals surface area contributed by atoms with Gasteiger partial charge in [0, 0.05) is 35.6 Å². The van der Waals surface area contributed by atoms with Crippen LogP contribution < -0.4 is 4.90 Å². The van der Waals surface area contributed by atoms with E-state index < -0.39 is 0 Å². The van der Waals surface area contributed by atoms with Crippen LogP contribution in [0.25, 0.3) is 0 Å². The van der Waals surface area contributed by atoms with Crippen LogP contribution >= 0.6 is 34.8 Å². The summed E-state index contributed by atoms with van der Waals surface area (Å²) in [6, 6.07) is 15.1. The Morgan fingerprint density at radius 3 is 2.05 bits per heavy atom. The summed E-state index contributed by atoms with van der Waals surface area (Å²) in [4.78, 5) is 2.14. The van der Waals surface area contributed by atoms with E-state index in [4.69, 9.17) is 34.8 Å². The maximum atomic E-state index is 5.91. The zero-order valence-electron chi connectivity index (χ0n) is 11.9. The molecule has 0 saturated carbocycles. The second-order valence-electron chi connectivity index (χ2n) is 4.56. The van der Waals surface area contributed by atoms with Gasteiger partial charge >= 0.3 is 0 Å². The van der Waals surface area contributed by atoms with Gasteiger partial charge in [0.1, 0.15) is 0 Å². The monoisotopic (exact) mass is 355 g/mol. The summed E-state index contributed by atoms with van der Waals surface area (Å²) in [5.41, 5.74) is 2.57. The SMILES string of the molecule is ClCCN(CCCl)c1ccc(N=Nc2cccc(Cl)c2)cc1. The highest BCUT2D eigenvalue weighted by molar-refractivity contribution is 6.30. The van der Waals surface area contributed by atoms with Gasteiger partial charge in [-0.15, -0.1) is 23.2 Å². The summed E-state index contributed by atoms with van der Waals surface area (Å²) in [5.74, 6) is 1.13. The number of benzene rings is 2. The normalized spacial score (nSPS) is 11.0. The summed E-state index contributed by atoms with van der Waals surface area (Å²) in [7, 11) is 0. The number of halogens is 3. The average molecular weight is 357 g/mol. The first kappa shape index (κ1) is 17.1. The smallest absolute Gasteiger partial charge is 0.0871 e. The maximum absolute atomic E-state index is 5.91. The number of anilines is 1. The molecule has 0 N–H and O–H groups in total. The van der Waals surface area contributed by atoms with Gasteiger partial charge in [-0.25, -0.2) is 0 Å². The molecule has 6 heteroatoms. The summed E-state index contributed by atoms with van der Waals surface area (Å²) in [5, 5.41) is 9.02. The van der Waals surface area contributed by atoms with Crippen molar-refractivity contribution in [2.24, 2.45) is 10.2 Å². The largest absolute Gasteiger partial charge is 0.369 e. The van der Waals surface area contributed by atoms with Crippen LogP contribution in [0.5, 0.6) is 0 Å². The standard InChI is InChI=1S/C16H16Cl3N3/c17-8-10-22(11-9-18)16-6-4-14(5-7-16)20-21-15-3-1-2-13(19)12-15/h1-7,12H,8-11H2. The highest BCUT2D eigenvalue weighted by atomic mass is 35.5. The molecule has 2 aromatic carbocycles. The van der Waals surface area contributed by atoms with Crippen LogP contribution in [0, 0.1) is 0 Å². The topological polar surface area (TPSA) is 28.0 Å². The second-order valence-corrected chi connectivity index (χ2v) is 5.75. The molecule has 0 fully saturated rings. The molecule has 116 valence electrons. The molecule has 2 aromatic rings. The minimum atomic E-state index is 0.563. The van der Waals surface area contributed by atoms with Crippen LogP contribution in [-0.2, 0) is 0 Å². The van der Waals surface area contributed by atoms with Gasteiger partial charge < -0.3 is 4.90 Å². The number of hydrogen-bond donors (Lipinski definition) is 0. The Morgan fingerprint density at radius 1 is 0.818 bits per heavy atom. The molecular formula is C16H16Cl3N3. The number of nitrogens with zero attached hydrogens (tertiary/aromatic N) is 3. The maximum Gasteiger partial charge on any atom is 0.0871 e. The van der Waals surface area contributed by atoms with Crippen molar-refractivity contribution >= 4 is 51.9 Å². The minimum Gasteiger partial charge on any atom is -0.369 e. The van der Waals surface area contributed by atoms with Crippen LogP contribution in [-0.4, -0.2) is 24.8 Å². The molecule has 3 nitrogen and oxygen atoms in total. The van der Waals surface area contributed by atoms with Gasteiger partial charge in [-0.05, 0) is 42.5 Å². The third-order valence-corrected chi connectivity index (χ3v) is 3.59. The van der Waals surface area contributed by atoms with Crippen LogP contribution in [0.15, 0.2) is 58.8 Å². The molecular weight excluding hydrogens is 341 g/mol. The Kier molecular flexibility index (Phi) is 6.97. The second kappa shape index (κ2) is 8.99. The molecule has 2 rings (SSSR count). The molecule has 22 heavy (non-hydrogen) atoms. The molecule has 0 aromatic heterocycles. The first-order valence-electron chi connectivity index (χ1n) is 6.87. The van der Waals surface area contributed by atoms with E-state index in [9.17, 15) is 0 Å². The Morgan fingerprint density at radius 2 is 1.45 bits per heavy atom. The van der Waals surface area contributed by atoms with Crippen LogP contribution in [0.2, 0.25) is 5.02 Å². The fourth-order valence-corrected chi connectivity index (χ4v) is 2.55. The van der Waals surface area contributed by atoms with E-state index in [1.807, 2.05) is 36.4 Å². The summed E-state index contributed by atoms with van der Waals surface area (Å²) < 4.78 is 0. The van der Waals surface area contributed by atoms with Gasteiger partial charge in [0.2, 0.25) is 0 Å². The van der Waals surface area contributed by atoms with Crippen molar-refractivity contribution in [2.45, 2.75) is 0 Å². The van der Waals surface area contributed by atoms with Crippen molar-refractivity contribution in [1.29, 1.82) is 0 Å². The molecule has 0 bridgehead atoms. The molecule has 0 aliphatic carbocycles. The highest BCUT2D eigenvalue weighted by Crippen LogP contribution is 2.23. The van der Waals surface area contributed by atoms with E-state index in [0.29, 0.717) is 16.8 Å². The lowest BCUT2D eigenvalue weighted by Gasteiger charge is -2.22. The fourth-order valence-electron chi connectivity index (χ4n) is 1.96. The van der Waals surface area contributed by atoms with E-state index in [-0.39, 0.29) is 0 Å². The molecule has 0 spiro atoms. The lowest BCUT2D eigenvalue weighted by atomic mass is 10.2. The quantitative estimate of drug-likeness (QED) is 0.439. The van der Waals surface area contributed by atoms with Gasteiger partial charge in [-0.3, -0.25) is 0 Å². The number of hydrogen-bond acceptors (Lipinski definition) is 3. The Labute approximate surface area is 145 Å². The van der Waals surface area contributed by atoms with Crippen molar-refractivity contribution in [2.75, 3.05) is 29.7 Å². The first-order valence-corrected chi connectivity index (χ1v) is 8.32. The first-order chi connectivity index (χ1) is 10.7. The van der Waals surface area contributed by atoms with Gasteiger partial charge in [0.15, 0.2) is 0 Å². The van der Waals surface area contributed by atoms with Crippen LogP contribution in [0.4, 0.5) is 17.1 Å². The van der Waals surface area contributed by atoms with E-state index in [0.717, 1.165) is 30.2 Å². The summed E-state index contributed by atoms with van der Waals surface area (Å²) in [6.45, 7) is 1.52. The molecule has 0 atom stereocenters. The van der Waals surface area contributed by atoms with Crippen molar-refractivity contribution in [1.82, 2.24) is 0 Å². The third-order valence-electron chi connectivity index (χ3n) is 3.01. The number of azo groups is 1. The number of alkyl halides is 2. The van der Waals surface area contributed by atoms with Gasteiger partial charge in [0.25, 0.3) is 0 Å². The van der Waals surface area contributed by atoms with Crippen molar-refractivity contribution in [3.8, 4) is 0 Å². The van der Waals surface area contributed by atoms with Crippen molar-refractivity contribution in [3.05, 3.63) is 53.6 Å². The Hall–Kier alpha value is -1.29. The van der Waals surface area contributed by atoms with E-state index in [2.05, 4.69) is 15.1 Å². The van der Waals surface area contributed by atoms with E-state index >= 15 is 0 Å². The molecule has 0 aliphatic rings. The van der Waals surface area contributed by atoms with Gasteiger partial charge in [0.05, 0.1) is 11.4 Å². The van der Waals surface area contributed by atoms with Gasteiger partial charge in [-0.2, -0.15) is 10.2 Å². The summed E-state index contributed by atoms with van der Waals surface area (Å²) >= 11 is 17.5. The van der Waals surface area contributed by atoms with Crippen LogP contribution in [0.3, 0.4) is 0 Å². The van der Waals surface area contributed by atoms with Crippen LogP contribution in [0.1, 0.15) is 0 Å². The van der Waals surface area contributed by atoms with E-state index in [1.165, 1.54) is 0 Å². The van der Waals surface area contributed by atoms with E-state index in [1.54, 1.807) is 12.1 Å². The number of rotatable bonds is 7. The zero-order chi connectivity index (χ0) is 15.8. The van der Waals surface area contributed by atoms with Crippen molar-refractivity contribution in [3.63, 3.8) is 0 Å². The van der Waals surface area contributed by atoms with Crippen molar-refractivity contribution < 1.29 is 0 Å². The third kappa shape index (κ3) is 5.16.